The van der Waals surface area contributed by atoms with E-state index in [1.165, 1.54) is 6.07 Å². The van der Waals surface area contributed by atoms with Gasteiger partial charge in [0.1, 0.15) is 5.15 Å². The van der Waals surface area contributed by atoms with Crippen molar-refractivity contribution < 1.29 is 0 Å². The SMILES string of the molecule is [CH2]c1nc(Cl)cc(Cl)c1Cl. The Morgan fingerprint density at radius 1 is 1.30 bits per heavy atom. The van der Waals surface area contributed by atoms with Crippen LogP contribution in [0.4, 0.5) is 0 Å². The average Bonchev–Trinajstić information content (AvgIpc) is 1.82. The molecule has 0 saturated carbocycles. The third kappa shape index (κ3) is 1.54. The van der Waals surface area contributed by atoms with Crippen molar-refractivity contribution in [2.75, 3.05) is 0 Å². The molecule has 0 fully saturated rings. The Bertz CT molecular complexity index is 236. The molecular weight excluding hydrogens is 192 g/mol. The molecule has 0 aromatic carbocycles. The van der Waals surface area contributed by atoms with Gasteiger partial charge in [-0.2, -0.15) is 0 Å². The lowest BCUT2D eigenvalue weighted by molar-refractivity contribution is 1.27. The summed E-state index contributed by atoms with van der Waals surface area (Å²) in [6.45, 7) is 3.53. The summed E-state index contributed by atoms with van der Waals surface area (Å²) in [6, 6.07) is 1.47. The molecule has 10 heavy (non-hydrogen) atoms. The zero-order valence-electron chi connectivity index (χ0n) is 4.87. The van der Waals surface area contributed by atoms with Crippen molar-refractivity contribution in [3.05, 3.63) is 33.9 Å². The molecule has 0 amide bonds. The van der Waals surface area contributed by atoms with E-state index in [4.69, 9.17) is 34.8 Å². The molecule has 0 aliphatic rings. The van der Waals surface area contributed by atoms with Crippen LogP contribution in [0.15, 0.2) is 6.07 Å². The minimum Gasteiger partial charge on any atom is -0.239 e. The van der Waals surface area contributed by atoms with Gasteiger partial charge in [0.2, 0.25) is 0 Å². The third-order valence-electron chi connectivity index (χ3n) is 0.951. The van der Waals surface area contributed by atoms with Crippen molar-refractivity contribution in [3.63, 3.8) is 0 Å². The van der Waals surface area contributed by atoms with Gasteiger partial charge in [-0.25, -0.2) is 4.98 Å². The minimum atomic E-state index is 0.305. The van der Waals surface area contributed by atoms with Gasteiger partial charge in [0.25, 0.3) is 0 Å². The normalized spacial score (nSPS) is 10.0. The molecule has 4 heteroatoms. The van der Waals surface area contributed by atoms with Gasteiger partial charge >= 0.3 is 0 Å². The van der Waals surface area contributed by atoms with Crippen LogP contribution >= 0.6 is 34.8 Å². The summed E-state index contributed by atoms with van der Waals surface area (Å²) in [5.41, 5.74) is 0.402. The molecule has 0 spiro atoms. The van der Waals surface area contributed by atoms with Crippen molar-refractivity contribution in [2.24, 2.45) is 0 Å². The molecule has 0 atom stereocenters. The molecule has 1 rings (SSSR count). The molecule has 1 aromatic rings. The molecule has 0 aliphatic carbocycles. The lowest BCUT2D eigenvalue weighted by atomic mass is 10.4. The van der Waals surface area contributed by atoms with E-state index < -0.39 is 0 Å². The van der Waals surface area contributed by atoms with E-state index in [0.717, 1.165) is 0 Å². The lowest BCUT2D eigenvalue weighted by Crippen LogP contribution is -1.83. The summed E-state index contributed by atoms with van der Waals surface area (Å²) in [7, 11) is 0. The van der Waals surface area contributed by atoms with E-state index in [9.17, 15) is 0 Å². The zero-order chi connectivity index (χ0) is 7.72. The number of nitrogens with zero attached hydrogens (tertiary/aromatic N) is 1. The Labute approximate surface area is 73.9 Å². The number of halogens is 3. The maximum absolute atomic E-state index is 5.63. The summed E-state index contributed by atoms with van der Waals surface area (Å²) in [6.07, 6.45) is 0. The number of pyridine rings is 1. The van der Waals surface area contributed by atoms with Crippen LogP contribution in [0, 0.1) is 6.92 Å². The quantitative estimate of drug-likeness (QED) is 0.579. The number of hydrogen-bond donors (Lipinski definition) is 0. The maximum atomic E-state index is 5.63. The van der Waals surface area contributed by atoms with E-state index >= 15 is 0 Å². The molecule has 0 unspecified atom stereocenters. The van der Waals surface area contributed by atoms with Gasteiger partial charge in [-0.1, -0.05) is 34.8 Å². The van der Waals surface area contributed by atoms with Gasteiger partial charge in [-0.05, 0) is 13.0 Å². The number of hydrogen-bond acceptors (Lipinski definition) is 1. The van der Waals surface area contributed by atoms with Crippen LogP contribution in [0.3, 0.4) is 0 Å². The number of rotatable bonds is 0. The molecule has 0 N–H and O–H groups in total. The molecule has 0 bridgehead atoms. The summed E-state index contributed by atoms with van der Waals surface area (Å²) >= 11 is 16.8. The Kier molecular flexibility index (Phi) is 2.40. The molecule has 1 heterocycles. The largest absolute Gasteiger partial charge is 0.239 e. The van der Waals surface area contributed by atoms with Crippen LogP contribution < -0.4 is 0 Å². The monoisotopic (exact) mass is 194 g/mol. The fraction of sp³-hybridized carbons (Fsp3) is 0. The maximum Gasteiger partial charge on any atom is 0.130 e. The van der Waals surface area contributed by atoms with E-state index in [1.807, 2.05) is 0 Å². The van der Waals surface area contributed by atoms with Crippen LogP contribution in [0.2, 0.25) is 15.2 Å². The van der Waals surface area contributed by atoms with Crippen LogP contribution in [-0.2, 0) is 0 Å². The van der Waals surface area contributed by atoms with E-state index in [1.54, 1.807) is 0 Å². The fourth-order valence-corrected chi connectivity index (χ4v) is 1.09. The molecule has 1 radical (unpaired) electrons. The predicted octanol–water partition coefficient (Wildman–Crippen LogP) is 3.22. The summed E-state index contributed by atoms with van der Waals surface area (Å²) in [4.78, 5) is 3.77. The van der Waals surface area contributed by atoms with Crippen molar-refractivity contribution in [2.45, 2.75) is 0 Å². The highest BCUT2D eigenvalue weighted by molar-refractivity contribution is 6.43. The van der Waals surface area contributed by atoms with Gasteiger partial charge in [0.15, 0.2) is 0 Å². The molecule has 0 aliphatic heterocycles. The molecule has 1 aromatic heterocycles. The molecule has 1 nitrogen and oxygen atoms in total. The predicted molar refractivity (Wildman–Crippen MR) is 43.7 cm³/mol. The molecule has 53 valence electrons. The summed E-state index contributed by atoms with van der Waals surface area (Å²) in [5.74, 6) is 0. The topological polar surface area (TPSA) is 12.9 Å². The highest BCUT2D eigenvalue weighted by Crippen LogP contribution is 2.26. The van der Waals surface area contributed by atoms with Crippen molar-refractivity contribution in [1.82, 2.24) is 4.98 Å². The summed E-state index contributed by atoms with van der Waals surface area (Å²) in [5, 5.41) is 1.04. The van der Waals surface area contributed by atoms with Crippen molar-refractivity contribution in [1.29, 1.82) is 0 Å². The second-order valence-corrected chi connectivity index (χ2v) is 2.86. The van der Waals surface area contributed by atoms with E-state index in [-0.39, 0.29) is 0 Å². The standard InChI is InChI=1S/C6H3Cl3N/c1-3-6(9)4(7)2-5(8)10-3/h2H,1H2. The average molecular weight is 195 g/mol. The van der Waals surface area contributed by atoms with Crippen LogP contribution in [-0.4, -0.2) is 4.98 Å². The van der Waals surface area contributed by atoms with Crippen molar-refractivity contribution in [3.8, 4) is 0 Å². The summed E-state index contributed by atoms with van der Waals surface area (Å²) < 4.78 is 0. The fourth-order valence-electron chi connectivity index (χ4n) is 0.516. The van der Waals surface area contributed by atoms with E-state index in [0.29, 0.717) is 20.9 Å². The molecule has 0 saturated heterocycles. The van der Waals surface area contributed by atoms with Crippen LogP contribution in [0.1, 0.15) is 5.69 Å². The lowest BCUT2D eigenvalue weighted by Gasteiger charge is -1.98. The Balaban J connectivity index is 3.31. The first-order valence-electron chi connectivity index (χ1n) is 2.45. The highest BCUT2D eigenvalue weighted by atomic mass is 35.5. The number of aromatic nitrogens is 1. The van der Waals surface area contributed by atoms with Gasteiger partial charge in [0.05, 0.1) is 15.7 Å². The Morgan fingerprint density at radius 3 is 2.40 bits per heavy atom. The van der Waals surface area contributed by atoms with E-state index in [2.05, 4.69) is 11.9 Å². The van der Waals surface area contributed by atoms with Crippen LogP contribution in [0.5, 0.6) is 0 Å². The smallest absolute Gasteiger partial charge is 0.130 e. The second-order valence-electron chi connectivity index (χ2n) is 1.69. The first-order valence-corrected chi connectivity index (χ1v) is 3.58. The van der Waals surface area contributed by atoms with Gasteiger partial charge < -0.3 is 0 Å². The second kappa shape index (κ2) is 2.95. The van der Waals surface area contributed by atoms with Gasteiger partial charge in [0, 0.05) is 0 Å². The van der Waals surface area contributed by atoms with Crippen LogP contribution in [0.25, 0.3) is 0 Å². The zero-order valence-corrected chi connectivity index (χ0v) is 7.13. The first-order chi connectivity index (χ1) is 4.61. The van der Waals surface area contributed by atoms with Crippen molar-refractivity contribution >= 4 is 34.8 Å². The van der Waals surface area contributed by atoms with Gasteiger partial charge in [-0.15, -0.1) is 0 Å². The molecular formula is C6H3Cl3N. The minimum absolute atomic E-state index is 0.305. The Morgan fingerprint density at radius 2 is 1.90 bits per heavy atom. The first kappa shape index (κ1) is 8.12. The van der Waals surface area contributed by atoms with Gasteiger partial charge in [-0.3, -0.25) is 0 Å². The third-order valence-corrected chi connectivity index (χ3v) is 1.96. The highest BCUT2D eigenvalue weighted by Gasteiger charge is 2.03. The Hall–Kier alpha value is 0.0200.